The Kier molecular flexibility index (Phi) is 5.97. The number of hydrogen-bond donors (Lipinski definition) is 2. The normalized spacial score (nSPS) is 14.8. The summed E-state index contributed by atoms with van der Waals surface area (Å²) >= 11 is 1.63. The van der Waals surface area contributed by atoms with Crippen molar-refractivity contribution in [3.63, 3.8) is 0 Å². The lowest BCUT2D eigenvalue weighted by atomic mass is 10.0. The first kappa shape index (κ1) is 12.3. The fraction of sp³-hybridized carbons (Fsp3) is 1.00. The molecule has 0 fully saturated rings. The molecule has 0 saturated heterocycles. The zero-order valence-electron chi connectivity index (χ0n) is 8.21. The predicted molar refractivity (Wildman–Crippen MR) is 54.5 cm³/mol. The van der Waals surface area contributed by atoms with Crippen molar-refractivity contribution in [1.29, 1.82) is 0 Å². The molecular weight excluding hydrogens is 172 g/mol. The minimum atomic E-state index is -0.534. The van der Waals surface area contributed by atoms with Gasteiger partial charge in [0.25, 0.3) is 0 Å². The standard InChI is InChI=1S/C9H20O2S/c1-4-9(11,5-2)7-12-8(3)6-10/h8,10-11H,4-7H2,1-3H3. The Bertz CT molecular complexity index is 113. The number of rotatable bonds is 6. The quantitative estimate of drug-likeness (QED) is 0.672. The van der Waals surface area contributed by atoms with Crippen LogP contribution in [-0.2, 0) is 0 Å². The summed E-state index contributed by atoms with van der Waals surface area (Å²) in [6.45, 7) is 6.14. The molecule has 74 valence electrons. The van der Waals surface area contributed by atoms with Crippen LogP contribution in [0.15, 0.2) is 0 Å². The van der Waals surface area contributed by atoms with Gasteiger partial charge in [-0.3, -0.25) is 0 Å². The van der Waals surface area contributed by atoms with E-state index in [0.717, 1.165) is 18.6 Å². The Morgan fingerprint density at radius 2 is 1.83 bits per heavy atom. The van der Waals surface area contributed by atoms with Gasteiger partial charge in [-0.05, 0) is 12.8 Å². The van der Waals surface area contributed by atoms with Crippen LogP contribution in [0.2, 0.25) is 0 Å². The van der Waals surface area contributed by atoms with Gasteiger partial charge in [-0.1, -0.05) is 20.8 Å². The molecule has 0 aliphatic rings. The first-order chi connectivity index (χ1) is 5.58. The van der Waals surface area contributed by atoms with Crippen molar-refractivity contribution in [3.05, 3.63) is 0 Å². The van der Waals surface area contributed by atoms with Gasteiger partial charge in [-0.25, -0.2) is 0 Å². The second-order valence-corrected chi connectivity index (χ2v) is 4.66. The molecule has 0 saturated carbocycles. The van der Waals surface area contributed by atoms with Crippen molar-refractivity contribution in [2.75, 3.05) is 12.4 Å². The van der Waals surface area contributed by atoms with E-state index in [2.05, 4.69) is 0 Å². The zero-order valence-corrected chi connectivity index (χ0v) is 9.02. The van der Waals surface area contributed by atoms with E-state index in [4.69, 9.17) is 5.11 Å². The lowest BCUT2D eigenvalue weighted by Gasteiger charge is -2.25. The fourth-order valence-electron chi connectivity index (χ4n) is 0.804. The van der Waals surface area contributed by atoms with Crippen molar-refractivity contribution in [2.45, 2.75) is 44.5 Å². The third-order valence-electron chi connectivity index (χ3n) is 2.21. The topological polar surface area (TPSA) is 40.5 Å². The van der Waals surface area contributed by atoms with Gasteiger partial charge in [0.2, 0.25) is 0 Å². The van der Waals surface area contributed by atoms with Gasteiger partial charge < -0.3 is 10.2 Å². The Balaban J connectivity index is 3.72. The summed E-state index contributed by atoms with van der Waals surface area (Å²) in [5, 5.41) is 18.9. The molecule has 0 aromatic rings. The maximum atomic E-state index is 9.87. The van der Waals surface area contributed by atoms with Gasteiger partial charge in [0, 0.05) is 11.0 Å². The molecule has 0 aromatic heterocycles. The Morgan fingerprint density at radius 3 is 2.17 bits per heavy atom. The molecule has 1 unspecified atom stereocenters. The van der Waals surface area contributed by atoms with E-state index >= 15 is 0 Å². The van der Waals surface area contributed by atoms with E-state index in [-0.39, 0.29) is 11.9 Å². The molecule has 0 heterocycles. The van der Waals surface area contributed by atoms with Gasteiger partial charge in [-0.2, -0.15) is 11.8 Å². The van der Waals surface area contributed by atoms with Crippen LogP contribution in [-0.4, -0.2) is 33.4 Å². The molecule has 0 amide bonds. The van der Waals surface area contributed by atoms with Crippen LogP contribution in [0.25, 0.3) is 0 Å². The molecule has 2 nitrogen and oxygen atoms in total. The van der Waals surface area contributed by atoms with Crippen LogP contribution in [0.3, 0.4) is 0 Å². The van der Waals surface area contributed by atoms with Crippen LogP contribution in [0.5, 0.6) is 0 Å². The van der Waals surface area contributed by atoms with Crippen molar-refractivity contribution in [3.8, 4) is 0 Å². The fourth-order valence-corrected chi connectivity index (χ4v) is 1.91. The third kappa shape index (κ3) is 4.33. The molecule has 0 bridgehead atoms. The SMILES string of the molecule is CCC(O)(CC)CSC(C)CO. The van der Waals surface area contributed by atoms with Crippen molar-refractivity contribution in [2.24, 2.45) is 0 Å². The summed E-state index contributed by atoms with van der Waals surface area (Å²) in [5.41, 5.74) is -0.534. The molecule has 0 rings (SSSR count). The maximum Gasteiger partial charge on any atom is 0.0732 e. The largest absolute Gasteiger partial charge is 0.395 e. The van der Waals surface area contributed by atoms with Crippen molar-refractivity contribution in [1.82, 2.24) is 0 Å². The van der Waals surface area contributed by atoms with Crippen LogP contribution >= 0.6 is 11.8 Å². The molecule has 12 heavy (non-hydrogen) atoms. The Morgan fingerprint density at radius 1 is 1.33 bits per heavy atom. The predicted octanol–water partition coefficient (Wildman–Crippen LogP) is 1.65. The third-order valence-corrected chi connectivity index (χ3v) is 3.63. The molecule has 1 atom stereocenters. The van der Waals surface area contributed by atoms with Crippen LogP contribution < -0.4 is 0 Å². The van der Waals surface area contributed by atoms with E-state index in [9.17, 15) is 5.11 Å². The van der Waals surface area contributed by atoms with E-state index in [0.29, 0.717) is 0 Å². The van der Waals surface area contributed by atoms with Crippen molar-refractivity contribution >= 4 is 11.8 Å². The minimum Gasteiger partial charge on any atom is -0.395 e. The summed E-state index contributed by atoms with van der Waals surface area (Å²) in [5.74, 6) is 0.724. The Hall–Kier alpha value is 0.270. The number of aliphatic hydroxyl groups is 2. The average molecular weight is 192 g/mol. The van der Waals surface area contributed by atoms with E-state index in [1.807, 2.05) is 20.8 Å². The molecule has 0 aliphatic carbocycles. The van der Waals surface area contributed by atoms with E-state index < -0.39 is 5.60 Å². The smallest absolute Gasteiger partial charge is 0.0732 e. The summed E-state index contributed by atoms with van der Waals surface area (Å²) in [4.78, 5) is 0. The molecule has 0 spiro atoms. The summed E-state index contributed by atoms with van der Waals surface area (Å²) in [6.07, 6.45) is 1.57. The second-order valence-electron chi connectivity index (χ2n) is 3.24. The molecule has 3 heteroatoms. The van der Waals surface area contributed by atoms with Gasteiger partial charge in [0.05, 0.1) is 12.2 Å². The van der Waals surface area contributed by atoms with Gasteiger partial charge in [-0.15, -0.1) is 0 Å². The molecule has 0 aromatic carbocycles. The first-order valence-electron chi connectivity index (χ1n) is 4.52. The highest BCUT2D eigenvalue weighted by molar-refractivity contribution is 7.99. The number of aliphatic hydroxyl groups excluding tert-OH is 1. The first-order valence-corrected chi connectivity index (χ1v) is 5.57. The van der Waals surface area contributed by atoms with E-state index in [1.165, 1.54) is 0 Å². The van der Waals surface area contributed by atoms with Gasteiger partial charge in [0.15, 0.2) is 0 Å². The lowest BCUT2D eigenvalue weighted by molar-refractivity contribution is 0.0570. The summed E-state index contributed by atoms with van der Waals surface area (Å²) < 4.78 is 0. The summed E-state index contributed by atoms with van der Waals surface area (Å²) in [7, 11) is 0. The lowest BCUT2D eigenvalue weighted by Crippen LogP contribution is -2.30. The highest BCUT2D eigenvalue weighted by Crippen LogP contribution is 2.23. The van der Waals surface area contributed by atoms with Crippen LogP contribution in [0.1, 0.15) is 33.6 Å². The average Bonchev–Trinajstić information content (AvgIpc) is 2.13. The zero-order chi connectivity index (χ0) is 9.61. The van der Waals surface area contributed by atoms with Crippen molar-refractivity contribution < 1.29 is 10.2 Å². The number of thioether (sulfide) groups is 1. The minimum absolute atomic E-state index is 0.189. The summed E-state index contributed by atoms with van der Waals surface area (Å²) in [6, 6.07) is 0. The van der Waals surface area contributed by atoms with Crippen LogP contribution in [0.4, 0.5) is 0 Å². The Labute approximate surface area is 79.4 Å². The van der Waals surface area contributed by atoms with Gasteiger partial charge >= 0.3 is 0 Å². The highest BCUT2D eigenvalue weighted by Gasteiger charge is 2.22. The maximum absolute atomic E-state index is 9.87. The molecule has 2 N–H and O–H groups in total. The number of hydrogen-bond acceptors (Lipinski definition) is 3. The van der Waals surface area contributed by atoms with Crippen LogP contribution in [0, 0.1) is 0 Å². The monoisotopic (exact) mass is 192 g/mol. The highest BCUT2D eigenvalue weighted by atomic mass is 32.2. The van der Waals surface area contributed by atoms with Gasteiger partial charge in [0.1, 0.15) is 0 Å². The molecular formula is C9H20O2S. The van der Waals surface area contributed by atoms with E-state index in [1.54, 1.807) is 11.8 Å². The molecule has 0 radical (unpaired) electrons. The molecule has 0 aliphatic heterocycles. The second kappa shape index (κ2) is 5.84.